The van der Waals surface area contributed by atoms with Gasteiger partial charge in [0.05, 0.1) is 17.3 Å². The van der Waals surface area contributed by atoms with E-state index in [1.165, 1.54) is 7.05 Å². The highest BCUT2D eigenvalue weighted by Gasteiger charge is 2.11. The first-order chi connectivity index (χ1) is 14.0. The number of amidine groups is 1. The first-order valence-electron chi connectivity index (χ1n) is 9.25. The van der Waals surface area contributed by atoms with Crippen LogP contribution in [0.1, 0.15) is 23.6 Å². The van der Waals surface area contributed by atoms with Crippen molar-refractivity contribution < 1.29 is 0 Å². The fourth-order valence-electron chi connectivity index (χ4n) is 2.78. The Kier molecular flexibility index (Phi) is 9.73. The number of nitrogens with two attached hydrogens (primary N) is 1. The van der Waals surface area contributed by atoms with Gasteiger partial charge in [0.2, 0.25) is 0 Å². The van der Waals surface area contributed by atoms with Crippen molar-refractivity contribution in [1.29, 1.82) is 5.26 Å². The van der Waals surface area contributed by atoms with Gasteiger partial charge in [-0.1, -0.05) is 55.1 Å². The summed E-state index contributed by atoms with van der Waals surface area (Å²) in [4.78, 5) is 8.89. The van der Waals surface area contributed by atoms with E-state index in [4.69, 9.17) is 10.3 Å². The number of benzene rings is 2. The molecule has 0 aliphatic heterocycles. The molecule has 0 saturated heterocycles. The maximum atomic E-state index is 9.00. The van der Waals surface area contributed by atoms with Crippen LogP contribution < -0.4 is 5.73 Å². The largest absolute Gasteiger partial charge is 0.333 e. The molecule has 0 atom stereocenters. The zero-order valence-electron chi connectivity index (χ0n) is 17.6. The van der Waals surface area contributed by atoms with Gasteiger partial charge in [-0.25, -0.2) is 9.98 Å². The monoisotopic (exact) mass is 384 g/mol. The van der Waals surface area contributed by atoms with E-state index in [2.05, 4.69) is 36.2 Å². The number of aliphatic imine (C=N–C) groups is 2. The van der Waals surface area contributed by atoms with Gasteiger partial charge >= 0.3 is 0 Å². The molecule has 0 amide bonds. The molecular weight excluding hydrogens is 356 g/mol. The summed E-state index contributed by atoms with van der Waals surface area (Å²) in [6.45, 7) is 13.5. The molecule has 2 aromatic rings. The van der Waals surface area contributed by atoms with Crippen LogP contribution in [0.25, 0.3) is 11.1 Å². The molecule has 29 heavy (non-hydrogen) atoms. The van der Waals surface area contributed by atoms with Crippen LogP contribution in [0.2, 0.25) is 0 Å². The van der Waals surface area contributed by atoms with Crippen molar-refractivity contribution in [3.05, 3.63) is 89.5 Å². The molecule has 0 saturated carbocycles. The lowest BCUT2D eigenvalue weighted by molar-refractivity contribution is 1.31. The fourth-order valence-corrected chi connectivity index (χ4v) is 2.78. The zero-order chi connectivity index (χ0) is 21.8. The SMILES string of the molecule is C=C/C(=C\C=C/C)C(N=C)=Nc1c(C)ccc(-c2ccc(C#N)cc2)c1C.CN. The predicted molar refractivity (Wildman–Crippen MR) is 126 cm³/mol. The van der Waals surface area contributed by atoms with Crippen molar-refractivity contribution in [2.45, 2.75) is 20.8 Å². The van der Waals surface area contributed by atoms with E-state index in [1.807, 2.05) is 69.3 Å². The van der Waals surface area contributed by atoms with E-state index in [0.717, 1.165) is 33.5 Å². The summed E-state index contributed by atoms with van der Waals surface area (Å²) < 4.78 is 0. The van der Waals surface area contributed by atoms with Crippen molar-refractivity contribution in [1.82, 2.24) is 0 Å². The van der Waals surface area contributed by atoms with Crippen molar-refractivity contribution >= 4 is 18.2 Å². The summed E-state index contributed by atoms with van der Waals surface area (Å²) in [5.41, 5.74) is 11.0. The van der Waals surface area contributed by atoms with Gasteiger partial charge in [0, 0.05) is 5.57 Å². The number of nitrogens with zero attached hydrogens (tertiary/aromatic N) is 3. The zero-order valence-corrected chi connectivity index (χ0v) is 17.6. The molecule has 2 rings (SSSR count). The molecule has 0 aliphatic rings. The number of rotatable bonds is 5. The normalized spacial score (nSPS) is 11.4. The van der Waals surface area contributed by atoms with E-state index in [1.54, 1.807) is 6.08 Å². The Morgan fingerprint density at radius 2 is 1.76 bits per heavy atom. The minimum absolute atomic E-state index is 0.534. The third-order valence-electron chi connectivity index (χ3n) is 4.27. The van der Waals surface area contributed by atoms with Crippen LogP contribution in [0.5, 0.6) is 0 Å². The molecule has 0 spiro atoms. The average molecular weight is 385 g/mol. The van der Waals surface area contributed by atoms with Crippen molar-refractivity contribution in [2.24, 2.45) is 15.7 Å². The lowest BCUT2D eigenvalue weighted by Gasteiger charge is -2.13. The molecule has 0 radical (unpaired) electrons. The van der Waals surface area contributed by atoms with Crippen LogP contribution in [-0.2, 0) is 0 Å². The molecule has 0 unspecified atom stereocenters. The Balaban J connectivity index is 0.00000204. The average Bonchev–Trinajstić information content (AvgIpc) is 2.77. The van der Waals surface area contributed by atoms with E-state index >= 15 is 0 Å². The van der Waals surface area contributed by atoms with Gasteiger partial charge in [-0.2, -0.15) is 5.26 Å². The fraction of sp³-hybridized carbons (Fsp3) is 0.160. The second-order valence-corrected chi connectivity index (χ2v) is 6.04. The summed E-state index contributed by atoms with van der Waals surface area (Å²) in [5, 5.41) is 9.00. The lowest BCUT2D eigenvalue weighted by atomic mass is 9.96. The number of hydrogen-bond donors (Lipinski definition) is 1. The third kappa shape index (κ3) is 5.97. The topological polar surface area (TPSA) is 74.5 Å². The first-order valence-corrected chi connectivity index (χ1v) is 9.25. The first kappa shape index (κ1) is 23.5. The summed E-state index contributed by atoms with van der Waals surface area (Å²) in [5.74, 6) is 0.534. The molecule has 148 valence electrons. The Bertz CT molecular complexity index is 985. The predicted octanol–water partition coefficient (Wildman–Crippen LogP) is 5.84. The molecule has 2 N–H and O–H groups in total. The second-order valence-electron chi connectivity index (χ2n) is 6.04. The lowest BCUT2D eigenvalue weighted by Crippen LogP contribution is -1.97. The third-order valence-corrected chi connectivity index (χ3v) is 4.27. The Morgan fingerprint density at radius 1 is 1.10 bits per heavy atom. The molecular formula is C25H28N4. The van der Waals surface area contributed by atoms with Crippen LogP contribution in [-0.4, -0.2) is 19.6 Å². The van der Waals surface area contributed by atoms with E-state index in [9.17, 15) is 0 Å². The van der Waals surface area contributed by atoms with Crippen molar-refractivity contribution in [2.75, 3.05) is 7.05 Å². The summed E-state index contributed by atoms with van der Waals surface area (Å²) in [6.07, 6.45) is 7.50. The minimum Gasteiger partial charge on any atom is -0.333 e. The van der Waals surface area contributed by atoms with Crippen molar-refractivity contribution in [3.63, 3.8) is 0 Å². The molecule has 0 bridgehead atoms. The van der Waals surface area contributed by atoms with Gasteiger partial charge in [0.1, 0.15) is 0 Å². The Hall–Kier alpha value is -3.55. The minimum atomic E-state index is 0.534. The maximum Gasteiger partial charge on any atom is 0.159 e. The van der Waals surface area contributed by atoms with Crippen LogP contribution in [0.15, 0.2) is 82.8 Å². The van der Waals surface area contributed by atoms with Gasteiger partial charge in [-0.15, -0.1) is 0 Å². The van der Waals surface area contributed by atoms with Crippen LogP contribution in [0.4, 0.5) is 5.69 Å². The molecule has 2 aromatic carbocycles. The molecule has 0 aliphatic carbocycles. The highest BCUT2D eigenvalue weighted by atomic mass is 14.9. The number of allylic oxidation sites excluding steroid dienone is 3. The van der Waals surface area contributed by atoms with E-state index in [-0.39, 0.29) is 0 Å². The standard InChI is InChI=1S/C24H23N3.CH5N/c1-6-8-9-20(7-2)24(26-5)27-23-17(3)10-15-22(18(23)4)21-13-11-19(16-25)12-14-21;1-2/h6-15H,2,5H2,1,3-4H3;2H2,1H3/b8-6-,20-9+,27-24?;. The Labute approximate surface area is 174 Å². The van der Waals surface area contributed by atoms with Gasteiger partial charge in [0.25, 0.3) is 0 Å². The van der Waals surface area contributed by atoms with Gasteiger partial charge < -0.3 is 5.73 Å². The van der Waals surface area contributed by atoms with Gasteiger partial charge in [-0.05, 0) is 68.9 Å². The van der Waals surface area contributed by atoms with Gasteiger partial charge in [-0.3, -0.25) is 0 Å². The molecule has 4 nitrogen and oxygen atoms in total. The molecule has 0 aromatic heterocycles. The van der Waals surface area contributed by atoms with Crippen LogP contribution >= 0.6 is 0 Å². The Morgan fingerprint density at radius 3 is 2.28 bits per heavy atom. The van der Waals surface area contributed by atoms with Gasteiger partial charge in [0.15, 0.2) is 5.84 Å². The second kappa shape index (κ2) is 12.0. The van der Waals surface area contributed by atoms with Crippen LogP contribution in [0.3, 0.4) is 0 Å². The molecule has 4 heteroatoms. The van der Waals surface area contributed by atoms with Crippen LogP contribution in [0, 0.1) is 25.2 Å². The highest BCUT2D eigenvalue weighted by Crippen LogP contribution is 2.33. The smallest absolute Gasteiger partial charge is 0.159 e. The summed E-state index contributed by atoms with van der Waals surface area (Å²) in [6, 6.07) is 13.8. The quantitative estimate of drug-likeness (QED) is 0.400. The number of nitriles is 1. The molecule has 0 heterocycles. The van der Waals surface area contributed by atoms with E-state index in [0.29, 0.717) is 11.4 Å². The summed E-state index contributed by atoms with van der Waals surface area (Å²) in [7, 11) is 1.50. The summed E-state index contributed by atoms with van der Waals surface area (Å²) >= 11 is 0. The van der Waals surface area contributed by atoms with E-state index < -0.39 is 0 Å². The highest BCUT2D eigenvalue weighted by molar-refractivity contribution is 6.05. The van der Waals surface area contributed by atoms with Crippen molar-refractivity contribution in [3.8, 4) is 17.2 Å². The number of hydrogen-bond acceptors (Lipinski definition) is 3. The number of aryl methyl sites for hydroxylation is 1. The maximum absolute atomic E-state index is 9.00. The molecule has 0 fully saturated rings.